The molecule has 0 heterocycles. The molecule has 0 aromatic carbocycles. The van der Waals surface area contributed by atoms with Crippen LogP contribution in [-0.2, 0) is 9.53 Å². The van der Waals surface area contributed by atoms with Gasteiger partial charge in [0, 0.05) is 11.8 Å². The molecule has 2 rings (SSSR count). The first-order chi connectivity index (χ1) is 9.23. The van der Waals surface area contributed by atoms with Gasteiger partial charge in [-0.05, 0) is 43.8 Å². The van der Waals surface area contributed by atoms with Gasteiger partial charge in [0.2, 0.25) is 0 Å². The third kappa shape index (κ3) is 4.12. The number of hydrogen-bond donors (Lipinski definition) is 1. The van der Waals surface area contributed by atoms with Gasteiger partial charge in [-0.25, -0.2) is 0 Å². The second-order valence-corrected chi connectivity index (χ2v) is 7.02. The van der Waals surface area contributed by atoms with Crippen molar-refractivity contribution in [1.82, 2.24) is 5.32 Å². The number of carbonyl (C=O) groups is 1. The van der Waals surface area contributed by atoms with E-state index in [2.05, 4.69) is 12.2 Å². The quantitative estimate of drug-likeness (QED) is 0.495. The van der Waals surface area contributed by atoms with Crippen molar-refractivity contribution in [2.24, 2.45) is 5.92 Å². The summed E-state index contributed by atoms with van der Waals surface area (Å²) in [5.41, 5.74) is -0.396. The van der Waals surface area contributed by atoms with Gasteiger partial charge in [0.15, 0.2) is 0 Å². The smallest absolute Gasteiger partial charge is 0.327 e. The van der Waals surface area contributed by atoms with Gasteiger partial charge < -0.3 is 4.74 Å². The van der Waals surface area contributed by atoms with E-state index in [-0.39, 0.29) is 5.97 Å². The highest BCUT2D eigenvalue weighted by atomic mass is 32.2. The molecule has 0 amide bonds. The van der Waals surface area contributed by atoms with Crippen LogP contribution in [0.5, 0.6) is 0 Å². The Hall–Kier alpha value is -0.220. The van der Waals surface area contributed by atoms with E-state index < -0.39 is 5.54 Å². The molecule has 0 saturated heterocycles. The zero-order chi connectivity index (χ0) is 13.7. The van der Waals surface area contributed by atoms with Crippen molar-refractivity contribution in [3.8, 4) is 0 Å². The third-order valence-corrected chi connectivity index (χ3v) is 5.32. The number of carbonyl (C=O) groups excluding carboxylic acids is 1. The average molecular weight is 285 g/mol. The molecule has 110 valence electrons. The van der Waals surface area contributed by atoms with Crippen LogP contribution in [0.1, 0.15) is 51.9 Å². The van der Waals surface area contributed by atoms with Gasteiger partial charge in [-0.3, -0.25) is 10.1 Å². The fraction of sp³-hybridized carbons (Fsp3) is 0.933. The molecule has 2 saturated carbocycles. The van der Waals surface area contributed by atoms with Crippen LogP contribution < -0.4 is 5.32 Å². The number of thioether (sulfide) groups is 1. The number of rotatable bonds is 10. The van der Waals surface area contributed by atoms with Gasteiger partial charge >= 0.3 is 5.97 Å². The molecule has 4 heteroatoms. The number of nitrogens with one attached hydrogen (secondary N) is 1. The molecular formula is C15H27NO2S. The molecular weight excluding hydrogens is 258 g/mol. The maximum absolute atomic E-state index is 12.3. The van der Waals surface area contributed by atoms with Crippen LogP contribution in [0.25, 0.3) is 0 Å². The minimum absolute atomic E-state index is 0.0371. The first kappa shape index (κ1) is 15.2. The maximum atomic E-state index is 12.3. The van der Waals surface area contributed by atoms with Crippen molar-refractivity contribution < 1.29 is 9.53 Å². The normalized spacial score (nSPS) is 22.0. The molecule has 0 spiro atoms. The average Bonchev–Trinajstić information content (AvgIpc) is 3.28. The summed E-state index contributed by atoms with van der Waals surface area (Å²) in [6.07, 6.45) is 8.57. The van der Waals surface area contributed by atoms with E-state index in [1.54, 1.807) is 0 Å². The summed E-state index contributed by atoms with van der Waals surface area (Å²) in [5.74, 6) is 2.50. The summed E-state index contributed by atoms with van der Waals surface area (Å²) in [4.78, 5) is 12.3. The van der Waals surface area contributed by atoms with E-state index in [1.807, 2.05) is 11.8 Å². The predicted octanol–water partition coefficient (Wildman–Crippen LogP) is 2.98. The SMILES string of the molecule is CCCCCSCC(NC1CC1)(C(=O)OC)C1CC1. The minimum Gasteiger partial charge on any atom is -0.468 e. The number of esters is 1. The highest BCUT2D eigenvalue weighted by Gasteiger charge is 2.53. The first-order valence-electron chi connectivity index (χ1n) is 7.66. The largest absolute Gasteiger partial charge is 0.468 e. The molecule has 0 radical (unpaired) electrons. The van der Waals surface area contributed by atoms with E-state index in [1.165, 1.54) is 52.1 Å². The van der Waals surface area contributed by atoms with E-state index >= 15 is 0 Å². The van der Waals surface area contributed by atoms with Gasteiger partial charge in [-0.15, -0.1) is 0 Å². The fourth-order valence-corrected chi connectivity index (χ4v) is 3.91. The van der Waals surface area contributed by atoms with Gasteiger partial charge in [0.1, 0.15) is 5.54 Å². The van der Waals surface area contributed by atoms with E-state index in [0.29, 0.717) is 12.0 Å². The fourth-order valence-electron chi connectivity index (χ4n) is 2.60. The Morgan fingerprint density at radius 1 is 1.32 bits per heavy atom. The third-order valence-electron chi connectivity index (χ3n) is 4.08. The predicted molar refractivity (Wildman–Crippen MR) is 80.5 cm³/mol. The van der Waals surface area contributed by atoms with E-state index in [0.717, 1.165) is 11.5 Å². The summed E-state index contributed by atoms with van der Waals surface area (Å²) in [7, 11) is 1.52. The standard InChI is InChI=1S/C15H27NO2S/c1-3-4-5-10-19-11-15(12-6-7-12,14(17)18-2)16-13-8-9-13/h12-13,16H,3-11H2,1-2H3. The zero-order valence-electron chi connectivity index (χ0n) is 12.2. The molecule has 1 N–H and O–H groups in total. The highest BCUT2D eigenvalue weighted by Crippen LogP contribution is 2.44. The molecule has 2 aliphatic carbocycles. The van der Waals surface area contributed by atoms with Crippen LogP contribution in [0, 0.1) is 5.92 Å². The lowest BCUT2D eigenvalue weighted by molar-refractivity contribution is -0.148. The lowest BCUT2D eigenvalue weighted by atomic mass is 9.95. The van der Waals surface area contributed by atoms with Crippen molar-refractivity contribution in [1.29, 1.82) is 0 Å². The van der Waals surface area contributed by atoms with Crippen LogP contribution in [0.4, 0.5) is 0 Å². The molecule has 1 unspecified atom stereocenters. The minimum atomic E-state index is -0.396. The Morgan fingerprint density at radius 3 is 2.58 bits per heavy atom. The number of ether oxygens (including phenoxy) is 1. The van der Waals surface area contributed by atoms with Gasteiger partial charge in [0.25, 0.3) is 0 Å². The summed E-state index contributed by atoms with van der Waals surface area (Å²) >= 11 is 1.92. The molecule has 0 aliphatic heterocycles. The highest BCUT2D eigenvalue weighted by molar-refractivity contribution is 7.99. The first-order valence-corrected chi connectivity index (χ1v) is 8.82. The molecule has 2 aliphatic rings. The summed E-state index contributed by atoms with van der Waals surface area (Å²) < 4.78 is 5.11. The lowest BCUT2D eigenvalue weighted by Crippen LogP contribution is -2.57. The Kier molecular flexibility index (Phi) is 5.58. The van der Waals surface area contributed by atoms with Crippen LogP contribution >= 0.6 is 11.8 Å². The number of methoxy groups -OCH3 is 1. The summed E-state index contributed by atoms with van der Waals surface area (Å²) in [6.45, 7) is 2.22. The van der Waals surface area contributed by atoms with Gasteiger partial charge in [-0.2, -0.15) is 11.8 Å². The second-order valence-electron chi connectivity index (χ2n) is 5.92. The molecule has 1 atom stereocenters. The Labute approximate surface area is 121 Å². The molecule has 0 aromatic heterocycles. The van der Waals surface area contributed by atoms with Gasteiger partial charge in [0.05, 0.1) is 7.11 Å². The van der Waals surface area contributed by atoms with Crippen LogP contribution in [-0.4, -0.2) is 36.2 Å². The monoisotopic (exact) mass is 285 g/mol. The van der Waals surface area contributed by atoms with Crippen LogP contribution in [0.2, 0.25) is 0 Å². The Balaban J connectivity index is 1.89. The van der Waals surface area contributed by atoms with Crippen LogP contribution in [0.3, 0.4) is 0 Å². The Bertz CT molecular complexity index is 303. The van der Waals surface area contributed by atoms with Crippen molar-refractivity contribution >= 4 is 17.7 Å². The summed E-state index contributed by atoms with van der Waals surface area (Å²) in [6, 6.07) is 0.552. The zero-order valence-corrected chi connectivity index (χ0v) is 13.1. The second kappa shape index (κ2) is 6.98. The lowest BCUT2D eigenvalue weighted by Gasteiger charge is -2.32. The molecule has 0 aromatic rings. The maximum Gasteiger partial charge on any atom is 0.327 e. The van der Waals surface area contributed by atoms with Gasteiger partial charge in [-0.1, -0.05) is 19.8 Å². The molecule has 19 heavy (non-hydrogen) atoms. The topological polar surface area (TPSA) is 38.3 Å². The Morgan fingerprint density at radius 2 is 2.05 bits per heavy atom. The van der Waals surface area contributed by atoms with Crippen molar-refractivity contribution in [3.63, 3.8) is 0 Å². The van der Waals surface area contributed by atoms with E-state index in [9.17, 15) is 4.79 Å². The molecule has 2 fully saturated rings. The number of unbranched alkanes of at least 4 members (excludes halogenated alkanes) is 2. The number of hydrogen-bond acceptors (Lipinski definition) is 4. The summed E-state index contributed by atoms with van der Waals surface area (Å²) in [5, 5.41) is 3.61. The molecule has 0 bridgehead atoms. The van der Waals surface area contributed by atoms with Crippen molar-refractivity contribution in [2.75, 3.05) is 18.6 Å². The van der Waals surface area contributed by atoms with Crippen LogP contribution in [0.15, 0.2) is 0 Å². The van der Waals surface area contributed by atoms with E-state index in [4.69, 9.17) is 4.74 Å². The van der Waals surface area contributed by atoms with Crippen molar-refractivity contribution in [3.05, 3.63) is 0 Å². The molecule has 3 nitrogen and oxygen atoms in total. The van der Waals surface area contributed by atoms with Crippen molar-refractivity contribution in [2.45, 2.75) is 63.5 Å².